The highest BCUT2D eigenvalue weighted by Gasteiger charge is 2.08. The first-order valence-electron chi connectivity index (χ1n) is 5.59. The summed E-state index contributed by atoms with van der Waals surface area (Å²) in [5.74, 6) is 0.884. The molecule has 0 bridgehead atoms. The third kappa shape index (κ3) is 1.68. The Balaban J connectivity index is 2.24. The van der Waals surface area contributed by atoms with Gasteiger partial charge in [0.05, 0.1) is 0 Å². The van der Waals surface area contributed by atoms with Crippen molar-refractivity contribution in [1.82, 2.24) is 0 Å². The molecule has 2 N–H and O–H groups in total. The van der Waals surface area contributed by atoms with Gasteiger partial charge in [0.15, 0.2) is 0 Å². The molecule has 0 radical (unpaired) electrons. The Labute approximate surface area is 99.7 Å². The van der Waals surface area contributed by atoms with Gasteiger partial charge < -0.3 is 10.2 Å². The van der Waals surface area contributed by atoms with Crippen LogP contribution in [0.5, 0.6) is 0 Å². The number of fused-ring (bicyclic) bond motifs is 1. The van der Waals surface area contributed by atoms with Gasteiger partial charge in [-0.25, -0.2) is 0 Å². The van der Waals surface area contributed by atoms with E-state index in [2.05, 4.69) is 0 Å². The molecule has 0 aliphatic heterocycles. The molecule has 84 valence electrons. The summed E-state index contributed by atoms with van der Waals surface area (Å²) in [5, 5.41) is 1.06. The van der Waals surface area contributed by atoms with Crippen LogP contribution in [-0.2, 0) is 0 Å². The molecule has 0 amide bonds. The number of hydrogen-bond acceptors (Lipinski definition) is 2. The molecule has 1 heterocycles. The summed E-state index contributed by atoms with van der Waals surface area (Å²) in [5.41, 5.74) is 9.68. The summed E-state index contributed by atoms with van der Waals surface area (Å²) in [4.78, 5) is 0. The van der Waals surface area contributed by atoms with Gasteiger partial charge in [-0.3, -0.25) is 0 Å². The van der Waals surface area contributed by atoms with Crippen molar-refractivity contribution in [3.05, 3.63) is 54.1 Å². The van der Waals surface area contributed by atoms with E-state index in [1.54, 1.807) is 0 Å². The van der Waals surface area contributed by atoms with E-state index in [9.17, 15) is 0 Å². The molecule has 0 atom stereocenters. The van der Waals surface area contributed by atoms with Crippen LogP contribution in [0.1, 0.15) is 5.56 Å². The minimum absolute atomic E-state index is 0.774. The summed E-state index contributed by atoms with van der Waals surface area (Å²) >= 11 is 0. The number of nitrogen functional groups attached to an aromatic ring is 1. The largest absolute Gasteiger partial charge is 0.456 e. The van der Waals surface area contributed by atoms with Crippen LogP contribution in [0.2, 0.25) is 0 Å². The summed E-state index contributed by atoms with van der Waals surface area (Å²) < 4.78 is 5.88. The van der Waals surface area contributed by atoms with E-state index in [4.69, 9.17) is 10.2 Å². The van der Waals surface area contributed by atoms with Gasteiger partial charge in [-0.1, -0.05) is 30.3 Å². The van der Waals surface area contributed by atoms with E-state index in [0.29, 0.717) is 0 Å². The van der Waals surface area contributed by atoms with E-state index in [1.807, 2.05) is 55.5 Å². The van der Waals surface area contributed by atoms with E-state index >= 15 is 0 Å². The highest BCUT2D eigenvalue weighted by molar-refractivity contribution is 5.87. The van der Waals surface area contributed by atoms with E-state index in [1.165, 1.54) is 0 Å². The molecule has 1 aromatic heterocycles. The molecule has 0 saturated heterocycles. The molecule has 17 heavy (non-hydrogen) atoms. The highest BCUT2D eigenvalue weighted by atomic mass is 16.3. The number of nitrogens with two attached hydrogens (primary N) is 1. The molecule has 2 nitrogen and oxygen atoms in total. The first-order chi connectivity index (χ1) is 8.24. The molecular weight excluding hydrogens is 210 g/mol. The van der Waals surface area contributed by atoms with Crippen LogP contribution in [-0.4, -0.2) is 0 Å². The number of furan rings is 1. The molecule has 3 aromatic rings. The van der Waals surface area contributed by atoms with Crippen molar-refractivity contribution in [2.45, 2.75) is 6.92 Å². The Morgan fingerprint density at radius 2 is 1.76 bits per heavy atom. The third-order valence-electron chi connectivity index (χ3n) is 2.88. The SMILES string of the molecule is Cc1cc(N)cc2cc(-c3ccccc3)oc12. The molecule has 0 aliphatic rings. The molecule has 2 aromatic carbocycles. The van der Waals surface area contributed by atoms with Crippen molar-refractivity contribution in [1.29, 1.82) is 0 Å². The molecular formula is C15H13NO. The van der Waals surface area contributed by atoms with Gasteiger partial charge in [0.1, 0.15) is 11.3 Å². The minimum atomic E-state index is 0.774. The standard InChI is InChI=1S/C15H13NO/c1-10-7-13(16)8-12-9-14(17-15(10)12)11-5-3-2-4-6-11/h2-9H,16H2,1H3. The lowest BCUT2D eigenvalue weighted by Gasteiger charge is -1.97. The number of hydrogen-bond donors (Lipinski definition) is 1. The highest BCUT2D eigenvalue weighted by Crippen LogP contribution is 2.30. The molecule has 3 rings (SSSR count). The second kappa shape index (κ2) is 3.67. The predicted octanol–water partition coefficient (Wildman–Crippen LogP) is 3.99. The van der Waals surface area contributed by atoms with Crippen molar-refractivity contribution in [3.8, 4) is 11.3 Å². The monoisotopic (exact) mass is 223 g/mol. The van der Waals surface area contributed by atoms with Gasteiger partial charge in [-0.2, -0.15) is 0 Å². The zero-order chi connectivity index (χ0) is 11.8. The lowest BCUT2D eigenvalue weighted by atomic mass is 10.1. The number of anilines is 1. The van der Waals surface area contributed by atoms with Gasteiger partial charge in [0.25, 0.3) is 0 Å². The van der Waals surface area contributed by atoms with Crippen molar-refractivity contribution >= 4 is 16.7 Å². The quantitative estimate of drug-likeness (QED) is 0.633. The number of benzene rings is 2. The van der Waals surface area contributed by atoms with Crippen LogP contribution in [0, 0.1) is 6.92 Å². The van der Waals surface area contributed by atoms with Crippen LogP contribution >= 0.6 is 0 Å². The van der Waals surface area contributed by atoms with Gasteiger partial charge in [0.2, 0.25) is 0 Å². The maximum Gasteiger partial charge on any atom is 0.137 e. The zero-order valence-corrected chi connectivity index (χ0v) is 9.60. The molecule has 2 heteroatoms. The maximum atomic E-state index is 5.88. The summed E-state index contributed by atoms with van der Waals surface area (Å²) in [7, 11) is 0. The second-order valence-electron chi connectivity index (χ2n) is 4.23. The molecule has 0 aliphatic carbocycles. The Bertz CT molecular complexity index is 668. The minimum Gasteiger partial charge on any atom is -0.456 e. The van der Waals surface area contributed by atoms with Gasteiger partial charge >= 0.3 is 0 Å². The summed E-state index contributed by atoms with van der Waals surface area (Å²) in [6.07, 6.45) is 0. The Hall–Kier alpha value is -2.22. The van der Waals surface area contributed by atoms with Crippen LogP contribution in [0.3, 0.4) is 0 Å². The molecule has 0 unspecified atom stereocenters. The fourth-order valence-corrected chi connectivity index (χ4v) is 2.10. The van der Waals surface area contributed by atoms with Crippen molar-refractivity contribution in [2.24, 2.45) is 0 Å². The predicted molar refractivity (Wildman–Crippen MR) is 70.8 cm³/mol. The van der Waals surface area contributed by atoms with Crippen LogP contribution in [0.25, 0.3) is 22.3 Å². The van der Waals surface area contributed by atoms with E-state index in [0.717, 1.165) is 33.5 Å². The van der Waals surface area contributed by atoms with Gasteiger partial charge in [-0.05, 0) is 30.7 Å². The zero-order valence-electron chi connectivity index (χ0n) is 9.60. The van der Waals surface area contributed by atoms with Gasteiger partial charge in [-0.15, -0.1) is 0 Å². The second-order valence-corrected chi connectivity index (χ2v) is 4.23. The lowest BCUT2D eigenvalue weighted by Crippen LogP contribution is -1.84. The first-order valence-corrected chi connectivity index (χ1v) is 5.59. The average molecular weight is 223 g/mol. The van der Waals surface area contributed by atoms with Crippen molar-refractivity contribution in [2.75, 3.05) is 5.73 Å². The lowest BCUT2D eigenvalue weighted by molar-refractivity contribution is 0.629. The van der Waals surface area contributed by atoms with Crippen molar-refractivity contribution in [3.63, 3.8) is 0 Å². The van der Waals surface area contributed by atoms with E-state index in [-0.39, 0.29) is 0 Å². The first kappa shape index (κ1) is 9.97. The third-order valence-corrected chi connectivity index (χ3v) is 2.88. The molecule has 0 saturated carbocycles. The molecule has 0 spiro atoms. The smallest absolute Gasteiger partial charge is 0.137 e. The maximum absolute atomic E-state index is 5.88. The van der Waals surface area contributed by atoms with Crippen LogP contribution < -0.4 is 5.73 Å². The van der Waals surface area contributed by atoms with Crippen LogP contribution in [0.4, 0.5) is 5.69 Å². The number of aryl methyl sites for hydroxylation is 1. The van der Waals surface area contributed by atoms with Crippen molar-refractivity contribution < 1.29 is 4.42 Å². The number of rotatable bonds is 1. The average Bonchev–Trinajstić information content (AvgIpc) is 2.74. The normalized spacial score (nSPS) is 10.9. The van der Waals surface area contributed by atoms with Crippen LogP contribution in [0.15, 0.2) is 52.9 Å². The summed E-state index contributed by atoms with van der Waals surface area (Å²) in [6.45, 7) is 2.01. The Morgan fingerprint density at radius 1 is 1.00 bits per heavy atom. The topological polar surface area (TPSA) is 39.2 Å². The summed E-state index contributed by atoms with van der Waals surface area (Å²) in [6, 6.07) is 16.0. The van der Waals surface area contributed by atoms with E-state index < -0.39 is 0 Å². The van der Waals surface area contributed by atoms with Gasteiger partial charge in [0, 0.05) is 16.6 Å². The fourth-order valence-electron chi connectivity index (χ4n) is 2.10. The molecule has 0 fully saturated rings. The Morgan fingerprint density at radius 3 is 2.53 bits per heavy atom. The Kier molecular flexibility index (Phi) is 2.15. The fraction of sp³-hybridized carbons (Fsp3) is 0.0667.